The molecule has 0 aromatic carbocycles. The van der Waals surface area contributed by atoms with Gasteiger partial charge in [0.05, 0.1) is 6.54 Å². The number of carbonyl (C=O) groups is 1. The van der Waals surface area contributed by atoms with Crippen LogP contribution in [0.2, 0.25) is 0 Å². The van der Waals surface area contributed by atoms with Crippen molar-refractivity contribution in [2.24, 2.45) is 17.8 Å². The third-order valence-electron chi connectivity index (χ3n) is 3.22. The number of nitrogens with one attached hydrogen (secondary N) is 2. The summed E-state index contributed by atoms with van der Waals surface area (Å²) in [5.41, 5.74) is 0. The number of hydrogen-bond acceptors (Lipinski definition) is 2. The van der Waals surface area contributed by atoms with Crippen LogP contribution in [-0.4, -0.2) is 25.5 Å². The third kappa shape index (κ3) is 6.11. The van der Waals surface area contributed by atoms with Gasteiger partial charge in [-0.2, -0.15) is 0 Å². The van der Waals surface area contributed by atoms with E-state index in [1.165, 1.54) is 12.8 Å². The molecule has 1 atom stereocenters. The van der Waals surface area contributed by atoms with E-state index in [0.717, 1.165) is 31.3 Å². The van der Waals surface area contributed by atoms with E-state index in [1.807, 2.05) is 0 Å². The zero-order valence-corrected chi connectivity index (χ0v) is 10.9. The maximum atomic E-state index is 11.4. The van der Waals surface area contributed by atoms with E-state index in [4.69, 9.17) is 0 Å². The predicted octanol–water partition coefficient (Wildman–Crippen LogP) is 1.78. The van der Waals surface area contributed by atoms with Crippen LogP contribution in [0.1, 0.15) is 40.0 Å². The zero-order chi connectivity index (χ0) is 12.0. The third-order valence-corrected chi connectivity index (χ3v) is 3.22. The lowest BCUT2D eigenvalue weighted by atomic mass is 10.1. The minimum absolute atomic E-state index is 0.128. The maximum Gasteiger partial charge on any atom is 0.233 e. The minimum atomic E-state index is 0.128. The first kappa shape index (κ1) is 13.5. The number of carbonyl (C=O) groups excluding carboxylic acids is 1. The molecule has 1 aliphatic carbocycles. The van der Waals surface area contributed by atoms with Gasteiger partial charge in [-0.1, -0.05) is 20.8 Å². The van der Waals surface area contributed by atoms with Crippen LogP contribution in [0, 0.1) is 17.8 Å². The Hall–Kier alpha value is -0.570. The smallest absolute Gasteiger partial charge is 0.233 e. The Bertz CT molecular complexity index is 212. The Morgan fingerprint density at radius 3 is 2.56 bits per heavy atom. The quantitative estimate of drug-likeness (QED) is 0.662. The molecule has 0 bridgehead atoms. The monoisotopic (exact) mass is 226 g/mol. The highest BCUT2D eigenvalue weighted by Crippen LogP contribution is 2.35. The van der Waals surface area contributed by atoms with Gasteiger partial charge in [0.2, 0.25) is 5.91 Å². The second-order valence-corrected chi connectivity index (χ2v) is 5.48. The molecule has 0 saturated heterocycles. The summed E-state index contributed by atoms with van der Waals surface area (Å²) in [6.07, 6.45) is 3.82. The molecule has 0 aromatic heterocycles. The van der Waals surface area contributed by atoms with Crippen LogP contribution in [-0.2, 0) is 4.79 Å². The Morgan fingerprint density at radius 1 is 1.31 bits per heavy atom. The lowest BCUT2D eigenvalue weighted by molar-refractivity contribution is -0.120. The van der Waals surface area contributed by atoms with E-state index in [-0.39, 0.29) is 5.91 Å². The highest BCUT2D eigenvalue weighted by atomic mass is 16.1. The number of rotatable bonds is 8. The first-order valence-electron chi connectivity index (χ1n) is 6.57. The topological polar surface area (TPSA) is 41.1 Å². The molecule has 1 rings (SSSR count). The van der Waals surface area contributed by atoms with Gasteiger partial charge in [0, 0.05) is 6.54 Å². The van der Waals surface area contributed by atoms with E-state index in [9.17, 15) is 4.79 Å². The second kappa shape index (κ2) is 6.89. The van der Waals surface area contributed by atoms with E-state index >= 15 is 0 Å². The van der Waals surface area contributed by atoms with Gasteiger partial charge >= 0.3 is 0 Å². The average molecular weight is 226 g/mol. The predicted molar refractivity (Wildman–Crippen MR) is 67.2 cm³/mol. The molecule has 94 valence electrons. The van der Waals surface area contributed by atoms with Crippen LogP contribution in [0.4, 0.5) is 0 Å². The van der Waals surface area contributed by atoms with Crippen molar-refractivity contribution in [2.75, 3.05) is 19.6 Å². The van der Waals surface area contributed by atoms with Crippen LogP contribution in [0.15, 0.2) is 0 Å². The van der Waals surface area contributed by atoms with E-state index < -0.39 is 0 Å². The van der Waals surface area contributed by atoms with Crippen LogP contribution >= 0.6 is 0 Å². The molecule has 2 N–H and O–H groups in total. The Kier molecular flexibility index (Phi) is 5.81. The van der Waals surface area contributed by atoms with E-state index in [1.54, 1.807) is 0 Å². The van der Waals surface area contributed by atoms with Crippen molar-refractivity contribution in [3.05, 3.63) is 0 Å². The van der Waals surface area contributed by atoms with Crippen molar-refractivity contribution in [3.8, 4) is 0 Å². The molecule has 1 saturated carbocycles. The van der Waals surface area contributed by atoms with E-state index in [0.29, 0.717) is 12.5 Å². The van der Waals surface area contributed by atoms with Crippen LogP contribution in [0.3, 0.4) is 0 Å². The van der Waals surface area contributed by atoms with Crippen molar-refractivity contribution in [1.29, 1.82) is 0 Å². The summed E-state index contributed by atoms with van der Waals surface area (Å²) in [5.74, 6) is 2.42. The lowest BCUT2D eigenvalue weighted by Crippen LogP contribution is -2.36. The van der Waals surface area contributed by atoms with Crippen molar-refractivity contribution in [1.82, 2.24) is 10.6 Å². The fraction of sp³-hybridized carbons (Fsp3) is 0.923. The molecule has 1 amide bonds. The minimum Gasteiger partial charge on any atom is -0.355 e. The molecule has 3 heteroatoms. The van der Waals surface area contributed by atoms with Gasteiger partial charge in [0.1, 0.15) is 0 Å². The van der Waals surface area contributed by atoms with Gasteiger partial charge in [-0.25, -0.2) is 0 Å². The maximum absolute atomic E-state index is 11.4. The highest BCUT2D eigenvalue weighted by molar-refractivity contribution is 5.77. The summed E-state index contributed by atoms with van der Waals surface area (Å²) in [6, 6.07) is 0. The number of hydrogen-bond donors (Lipinski definition) is 2. The van der Waals surface area contributed by atoms with Gasteiger partial charge < -0.3 is 10.6 Å². The summed E-state index contributed by atoms with van der Waals surface area (Å²) in [7, 11) is 0. The first-order valence-corrected chi connectivity index (χ1v) is 6.57. The van der Waals surface area contributed by atoms with Gasteiger partial charge in [0.25, 0.3) is 0 Å². The molecule has 0 heterocycles. The summed E-state index contributed by atoms with van der Waals surface area (Å²) in [5, 5.41) is 6.16. The molecule has 0 aromatic rings. The van der Waals surface area contributed by atoms with Gasteiger partial charge in [-0.15, -0.1) is 0 Å². The van der Waals surface area contributed by atoms with Crippen molar-refractivity contribution in [3.63, 3.8) is 0 Å². The van der Waals surface area contributed by atoms with Gasteiger partial charge in [-0.3, -0.25) is 4.79 Å². The first-order chi connectivity index (χ1) is 7.59. The lowest BCUT2D eigenvalue weighted by Gasteiger charge is -2.11. The molecule has 0 spiro atoms. The standard InChI is InChI=1S/C13H26N2O/c1-10(2)6-7-15-13(16)9-14-8-11(3)12-4-5-12/h10-12,14H,4-9H2,1-3H3,(H,15,16). The largest absolute Gasteiger partial charge is 0.355 e. The van der Waals surface area contributed by atoms with Crippen LogP contribution in [0.5, 0.6) is 0 Å². The Labute approximate surface area is 99.4 Å². The van der Waals surface area contributed by atoms with Crippen molar-refractivity contribution in [2.45, 2.75) is 40.0 Å². The Balaban J connectivity index is 1.93. The molecule has 0 aliphatic heterocycles. The summed E-state index contributed by atoms with van der Waals surface area (Å²) in [4.78, 5) is 11.4. The molecule has 1 aliphatic rings. The summed E-state index contributed by atoms with van der Waals surface area (Å²) < 4.78 is 0. The Morgan fingerprint density at radius 2 is 2.00 bits per heavy atom. The second-order valence-electron chi connectivity index (χ2n) is 5.48. The normalized spacial score (nSPS) is 17.5. The average Bonchev–Trinajstić information content (AvgIpc) is 2.99. The van der Waals surface area contributed by atoms with Crippen LogP contribution < -0.4 is 10.6 Å². The van der Waals surface area contributed by atoms with Crippen LogP contribution in [0.25, 0.3) is 0 Å². The molecule has 3 nitrogen and oxygen atoms in total. The number of amides is 1. The molecular weight excluding hydrogens is 200 g/mol. The molecule has 0 radical (unpaired) electrons. The zero-order valence-electron chi connectivity index (χ0n) is 10.9. The molecule has 1 unspecified atom stereocenters. The van der Waals surface area contributed by atoms with E-state index in [2.05, 4.69) is 31.4 Å². The summed E-state index contributed by atoms with van der Waals surface area (Å²) >= 11 is 0. The molecular formula is C13H26N2O. The summed E-state index contributed by atoms with van der Waals surface area (Å²) in [6.45, 7) is 8.85. The fourth-order valence-corrected chi connectivity index (χ4v) is 1.81. The highest BCUT2D eigenvalue weighted by Gasteiger charge is 2.27. The molecule has 1 fully saturated rings. The van der Waals surface area contributed by atoms with Crippen molar-refractivity contribution >= 4 is 5.91 Å². The SMILES string of the molecule is CC(C)CCNC(=O)CNCC(C)C1CC1. The van der Waals surface area contributed by atoms with Crippen molar-refractivity contribution < 1.29 is 4.79 Å². The molecule has 16 heavy (non-hydrogen) atoms. The fourth-order valence-electron chi connectivity index (χ4n) is 1.81. The van der Waals surface area contributed by atoms with Gasteiger partial charge in [0.15, 0.2) is 0 Å². The van der Waals surface area contributed by atoms with Gasteiger partial charge in [-0.05, 0) is 43.6 Å².